The smallest absolute Gasteiger partial charge is 0.237 e. The molecule has 1 heterocycles. The molecule has 29 heavy (non-hydrogen) atoms. The number of nitrogens with zero attached hydrogens (tertiary/aromatic N) is 4. The van der Waals surface area contributed by atoms with E-state index in [0.29, 0.717) is 17.2 Å². The van der Waals surface area contributed by atoms with Gasteiger partial charge in [0.15, 0.2) is 5.82 Å². The Morgan fingerprint density at radius 1 is 1.14 bits per heavy atom. The fourth-order valence-electron chi connectivity index (χ4n) is 2.52. The Kier molecular flexibility index (Phi) is 6.23. The minimum Gasteiger partial charge on any atom is -0.326 e. The van der Waals surface area contributed by atoms with E-state index in [2.05, 4.69) is 26.2 Å². The van der Waals surface area contributed by atoms with Gasteiger partial charge in [0.05, 0.1) is 16.6 Å². The van der Waals surface area contributed by atoms with Crippen molar-refractivity contribution in [3.63, 3.8) is 0 Å². The third kappa shape index (κ3) is 5.17. The second-order valence-electron chi connectivity index (χ2n) is 6.26. The van der Waals surface area contributed by atoms with E-state index in [0.717, 1.165) is 4.90 Å². The van der Waals surface area contributed by atoms with Crippen LogP contribution in [0, 0.1) is 12.7 Å². The van der Waals surface area contributed by atoms with Crippen molar-refractivity contribution in [1.29, 1.82) is 0 Å². The number of thioether (sulfide) groups is 1. The van der Waals surface area contributed by atoms with Gasteiger partial charge in [-0.3, -0.25) is 9.59 Å². The molecule has 10 heteroatoms. The van der Waals surface area contributed by atoms with Crippen LogP contribution >= 0.6 is 11.8 Å². The van der Waals surface area contributed by atoms with Crippen LogP contribution in [0.1, 0.15) is 19.7 Å². The highest BCUT2D eigenvalue weighted by atomic mass is 32.2. The van der Waals surface area contributed by atoms with Gasteiger partial charge in [-0.1, -0.05) is 0 Å². The molecule has 3 rings (SSSR count). The number of tetrazole rings is 1. The number of rotatable bonds is 6. The number of benzene rings is 2. The Hall–Kier alpha value is -3.27. The number of hydrogen-bond donors (Lipinski definition) is 2. The average Bonchev–Trinajstić information content (AvgIpc) is 3.10. The van der Waals surface area contributed by atoms with E-state index in [9.17, 15) is 14.0 Å². The number of amides is 2. The minimum absolute atomic E-state index is 0.0517. The normalized spacial score (nSPS) is 11.7. The Bertz CT molecular complexity index is 1040. The van der Waals surface area contributed by atoms with E-state index in [1.54, 1.807) is 38.1 Å². The Morgan fingerprint density at radius 3 is 2.48 bits per heavy atom. The third-order valence-corrected chi connectivity index (χ3v) is 5.05. The first-order chi connectivity index (χ1) is 13.8. The molecule has 0 saturated carbocycles. The summed E-state index contributed by atoms with van der Waals surface area (Å²) in [4.78, 5) is 24.5. The van der Waals surface area contributed by atoms with Crippen molar-refractivity contribution >= 4 is 35.0 Å². The summed E-state index contributed by atoms with van der Waals surface area (Å²) in [5, 5.41) is 16.0. The van der Waals surface area contributed by atoms with E-state index in [1.165, 1.54) is 41.6 Å². The molecule has 0 spiro atoms. The van der Waals surface area contributed by atoms with E-state index >= 15 is 0 Å². The first-order valence-corrected chi connectivity index (χ1v) is 9.61. The van der Waals surface area contributed by atoms with Gasteiger partial charge in [-0.05, 0) is 66.7 Å². The molecular formula is C19H19FN6O2S. The summed E-state index contributed by atoms with van der Waals surface area (Å²) in [7, 11) is 0. The Morgan fingerprint density at radius 2 is 1.86 bits per heavy atom. The van der Waals surface area contributed by atoms with Gasteiger partial charge in [-0.25, -0.2) is 4.39 Å². The van der Waals surface area contributed by atoms with Gasteiger partial charge in [0.1, 0.15) is 5.82 Å². The zero-order valence-electron chi connectivity index (χ0n) is 16.0. The third-order valence-electron chi connectivity index (χ3n) is 3.93. The lowest BCUT2D eigenvalue weighted by Crippen LogP contribution is -2.23. The SMILES string of the molecule is CC(=O)Nc1ccc(SC(C)C(=O)Nc2cc(-n3nnnc3C)ccc2F)cc1. The summed E-state index contributed by atoms with van der Waals surface area (Å²) in [5.41, 5.74) is 1.27. The predicted molar refractivity (Wildman–Crippen MR) is 109 cm³/mol. The van der Waals surface area contributed by atoms with Gasteiger partial charge >= 0.3 is 0 Å². The van der Waals surface area contributed by atoms with Gasteiger partial charge in [0.2, 0.25) is 11.8 Å². The number of aromatic nitrogens is 4. The predicted octanol–water partition coefficient (Wildman–Crippen LogP) is 3.19. The zero-order valence-corrected chi connectivity index (χ0v) is 16.8. The van der Waals surface area contributed by atoms with Crippen LogP contribution in [0.3, 0.4) is 0 Å². The van der Waals surface area contributed by atoms with E-state index in [-0.39, 0.29) is 17.5 Å². The molecule has 2 amide bonds. The van der Waals surface area contributed by atoms with Crippen LogP contribution in [-0.2, 0) is 9.59 Å². The maximum absolute atomic E-state index is 14.2. The standard InChI is InChI=1S/C19H19FN6O2S/c1-11(29-16-7-4-14(5-8-16)21-13(3)27)19(28)22-18-10-15(6-9-17(18)20)26-12(2)23-24-25-26/h4-11H,1-3H3,(H,21,27)(H,22,28). The van der Waals surface area contributed by atoms with Gasteiger partial charge in [0, 0.05) is 17.5 Å². The first-order valence-electron chi connectivity index (χ1n) is 8.73. The molecule has 1 unspecified atom stereocenters. The lowest BCUT2D eigenvalue weighted by atomic mass is 10.2. The summed E-state index contributed by atoms with van der Waals surface area (Å²) < 4.78 is 15.6. The summed E-state index contributed by atoms with van der Waals surface area (Å²) in [6.45, 7) is 4.89. The van der Waals surface area contributed by atoms with Crippen molar-refractivity contribution in [3.05, 3.63) is 54.1 Å². The van der Waals surface area contributed by atoms with Gasteiger partial charge in [-0.15, -0.1) is 16.9 Å². The monoisotopic (exact) mass is 414 g/mol. The number of carbonyl (C=O) groups is 2. The molecule has 1 aromatic heterocycles. The lowest BCUT2D eigenvalue weighted by Gasteiger charge is -2.14. The van der Waals surface area contributed by atoms with Crippen molar-refractivity contribution < 1.29 is 14.0 Å². The molecule has 0 aliphatic rings. The molecular weight excluding hydrogens is 395 g/mol. The molecule has 0 radical (unpaired) electrons. The number of anilines is 2. The molecule has 2 aromatic carbocycles. The molecule has 0 bridgehead atoms. The molecule has 8 nitrogen and oxygen atoms in total. The van der Waals surface area contributed by atoms with Crippen LogP contribution in [0.4, 0.5) is 15.8 Å². The van der Waals surface area contributed by atoms with Crippen molar-refractivity contribution in [3.8, 4) is 5.69 Å². The van der Waals surface area contributed by atoms with Gasteiger partial charge in [-0.2, -0.15) is 4.68 Å². The summed E-state index contributed by atoms with van der Waals surface area (Å²) in [6.07, 6.45) is 0. The highest BCUT2D eigenvalue weighted by Gasteiger charge is 2.17. The van der Waals surface area contributed by atoms with Crippen molar-refractivity contribution in [2.24, 2.45) is 0 Å². The molecule has 0 aliphatic heterocycles. The van der Waals surface area contributed by atoms with E-state index in [1.807, 2.05) is 0 Å². The van der Waals surface area contributed by atoms with E-state index in [4.69, 9.17) is 0 Å². The highest BCUT2D eigenvalue weighted by Crippen LogP contribution is 2.26. The summed E-state index contributed by atoms with van der Waals surface area (Å²) in [5.74, 6) is -0.505. The molecule has 0 aliphatic carbocycles. The van der Waals surface area contributed by atoms with Crippen molar-refractivity contribution in [2.75, 3.05) is 10.6 Å². The van der Waals surface area contributed by atoms with Crippen molar-refractivity contribution in [1.82, 2.24) is 20.2 Å². The van der Waals surface area contributed by atoms with Crippen LogP contribution in [0.5, 0.6) is 0 Å². The number of halogens is 1. The van der Waals surface area contributed by atoms with Crippen LogP contribution in [-0.4, -0.2) is 37.3 Å². The summed E-state index contributed by atoms with van der Waals surface area (Å²) >= 11 is 1.32. The molecule has 2 N–H and O–H groups in total. The number of hydrogen-bond acceptors (Lipinski definition) is 6. The molecule has 0 saturated heterocycles. The van der Waals surface area contributed by atoms with Crippen LogP contribution < -0.4 is 10.6 Å². The Balaban J connectivity index is 1.68. The first kappa shape index (κ1) is 20.5. The van der Waals surface area contributed by atoms with Gasteiger partial charge < -0.3 is 10.6 Å². The number of nitrogens with one attached hydrogen (secondary N) is 2. The highest BCUT2D eigenvalue weighted by molar-refractivity contribution is 8.00. The molecule has 0 fully saturated rings. The maximum atomic E-state index is 14.2. The van der Waals surface area contributed by atoms with Crippen LogP contribution in [0.15, 0.2) is 47.4 Å². The fraction of sp³-hybridized carbons (Fsp3) is 0.211. The topological polar surface area (TPSA) is 102 Å². The maximum Gasteiger partial charge on any atom is 0.237 e. The molecule has 1 atom stereocenters. The second-order valence-corrected chi connectivity index (χ2v) is 7.67. The van der Waals surface area contributed by atoms with E-state index < -0.39 is 11.1 Å². The molecule has 3 aromatic rings. The average molecular weight is 414 g/mol. The quantitative estimate of drug-likeness (QED) is 0.601. The largest absolute Gasteiger partial charge is 0.326 e. The second kappa shape index (κ2) is 8.82. The van der Waals surface area contributed by atoms with Crippen LogP contribution in [0.2, 0.25) is 0 Å². The Labute approximate surface area is 170 Å². The minimum atomic E-state index is -0.551. The van der Waals surface area contributed by atoms with Gasteiger partial charge in [0.25, 0.3) is 0 Å². The van der Waals surface area contributed by atoms with Crippen molar-refractivity contribution in [2.45, 2.75) is 30.9 Å². The lowest BCUT2D eigenvalue weighted by molar-refractivity contribution is -0.115. The zero-order chi connectivity index (χ0) is 21.0. The number of carbonyl (C=O) groups excluding carboxylic acids is 2. The number of aryl methyl sites for hydroxylation is 1. The molecule has 150 valence electrons. The van der Waals surface area contributed by atoms with Crippen LogP contribution in [0.25, 0.3) is 5.69 Å². The summed E-state index contributed by atoms with van der Waals surface area (Å²) in [6, 6.07) is 11.4. The fourth-order valence-corrected chi connectivity index (χ4v) is 3.39.